The fourth-order valence-corrected chi connectivity index (χ4v) is 3.40. The summed E-state index contributed by atoms with van der Waals surface area (Å²) in [6.07, 6.45) is 2.68. The molecule has 1 atom stereocenters. The first-order valence-corrected chi connectivity index (χ1v) is 9.31. The van der Waals surface area contributed by atoms with Crippen LogP contribution in [-0.2, 0) is 16.0 Å². The Labute approximate surface area is 156 Å². The molecular formula is C19H23N3O3S. The maximum absolute atomic E-state index is 12.1. The molecule has 26 heavy (non-hydrogen) atoms. The fourth-order valence-electron chi connectivity index (χ4n) is 2.62. The second-order valence-electron chi connectivity index (χ2n) is 6.05. The molecule has 0 fully saturated rings. The zero-order valence-electron chi connectivity index (χ0n) is 14.4. The Morgan fingerprint density at radius 2 is 1.92 bits per heavy atom. The van der Waals surface area contributed by atoms with Gasteiger partial charge in [0, 0.05) is 16.9 Å². The zero-order chi connectivity index (χ0) is 18.9. The lowest BCUT2D eigenvalue weighted by atomic mass is 10.0. The van der Waals surface area contributed by atoms with Crippen LogP contribution in [0.1, 0.15) is 47.7 Å². The summed E-state index contributed by atoms with van der Waals surface area (Å²) >= 11 is 1.44. The van der Waals surface area contributed by atoms with Crippen LogP contribution in [0.25, 0.3) is 0 Å². The molecule has 0 saturated carbocycles. The minimum Gasteiger partial charge on any atom is -0.481 e. The number of unbranched alkanes of at least 4 members (excludes halogenated alkanes) is 1. The molecule has 1 amide bonds. The normalized spacial score (nSPS) is 11.7. The van der Waals surface area contributed by atoms with Gasteiger partial charge in [0.1, 0.15) is 5.84 Å². The number of thiophene rings is 1. The van der Waals surface area contributed by atoms with E-state index >= 15 is 0 Å². The summed E-state index contributed by atoms with van der Waals surface area (Å²) in [7, 11) is 0. The Balaban J connectivity index is 1.75. The first kappa shape index (κ1) is 19.7. The van der Waals surface area contributed by atoms with Crippen LogP contribution in [0.2, 0.25) is 0 Å². The van der Waals surface area contributed by atoms with Crippen molar-refractivity contribution in [3.8, 4) is 0 Å². The van der Waals surface area contributed by atoms with Crippen molar-refractivity contribution in [2.45, 2.75) is 38.1 Å². The number of aryl methyl sites for hydroxylation is 1. The quantitative estimate of drug-likeness (QED) is 0.291. The van der Waals surface area contributed by atoms with Crippen LogP contribution >= 0.6 is 11.3 Å². The molecule has 6 nitrogen and oxygen atoms in total. The highest BCUT2D eigenvalue weighted by Gasteiger charge is 2.18. The Bertz CT molecular complexity index is 742. The summed E-state index contributed by atoms with van der Waals surface area (Å²) in [5.74, 6) is -1.01. The van der Waals surface area contributed by atoms with Gasteiger partial charge in [0.05, 0.1) is 12.5 Å². The molecule has 7 heteroatoms. The lowest BCUT2D eigenvalue weighted by molar-refractivity contribution is -0.137. The molecule has 1 unspecified atom stereocenters. The second-order valence-corrected chi connectivity index (χ2v) is 7.03. The molecule has 2 aromatic rings. The van der Waals surface area contributed by atoms with Crippen LogP contribution in [0, 0.1) is 5.41 Å². The number of nitrogen functional groups attached to an aromatic ring is 1. The summed E-state index contributed by atoms with van der Waals surface area (Å²) in [6.45, 7) is 0. The molecule has 138 valence electrons. The van der Waals surface area contributed by atoms with Gasteiger partial charge in [-0.15, -0.1) is 11.3 Å². The van der Waals surface area contributed by atoms with Crippen molar-refractivity contribution in [3.63, 3.8) is 0 Å². The predicted octanol–water partition coefficient (Wildman–Crippen LogP) is 3.08. The fraction of sp³-hybridized carbons (Fsp3) is 0.316. The van der Waals surface area contributed by atoms with Crippen molar-refractivity contribution < 1.29 is 14.7 Å². The molecule has 0 aliphatic heterocycles. The van der Waals surface area contributed by atoms with Crippen LogP contribution in [0.3, 0.4) is 0 Å². The molecule has 1 heterocycles. The summed E-state index contributed by atoms with van der Waals surface area (Å²) < 4.78 is 0. The van der Waals surface area contributed by atoms with Gasteiger partial charge in [-0.25, -0.2) is 0 Å². The van der Waals surface area contributed by atoms with Crippen LogP contribution in [-0.4, -0.2) is 22.8 Å². The van der Waals surface area contributed by atoms with E-state index in [1.165, 1.54) is 11.3 Å². The monoisotopic (exact) mass is 373 g/mol. The van der Waals surface area contributed by atoms with E-state index in [0.29, 0.717) is 12.0 Å². The van der Waals surface area contributed by atoms with E-state index in [9.17, 15) is 9.59 Å². The third kappa shape index (κ3) is 6.33. The molecule has 1 aromatic carbocycles. The summed E-state index contributed by atoms with van der Waals surface area (Å²) in [6, 6.07) is 10.7. The largest absolute Gasteiger partial charge is 0.481 e. The predicted molar refractivity (Wildman–Crippen MR) is 102 cm³/mol. The van der Waals surface area contributed by atoms with Gasteiger partial charge in [0.2, 0.25) is 5.91 Å². The Hall–Kier alpha value is -2.67. The minimum atomic E-state index is -0.933. The van der Waals surface area contributed by atoms with Gasteiger partial charge in [-0.1, -0.05) is 30.3 Å². The number of hydrogen-bond acceptors (Lipinski definition) is 4. The number of aliphatic carboxylic acids is 1. The van der Waals surface area contributed by atoms with Crippen molar-refractivity contribution in [2.75, 3.05) is 0 Å². The van der Waals surface area contributed by atoms with E-state index in [0.717, 1.165) is 29.7 Å². The van der Waals surface area contributed by atoms with Crippen molar-refractivity contribution in [3.05, 3.63) is 57.8 Å². The number of carboxylic acids is 1. The molecule has 1 aromatic heterocycles. The van der Waals surface area contributed by atoms with Gasteiger partial charge in [-0.05, 0) is 36.3 Å². The minimum absolute atomic E-state index is 0.0508. The first-order chi connectivity index (χ1) is 12.5. The van der Waals surface area contributed by atoms with Gasteiger partial charge in [-0.2, -0.15) is 0 Å². The van der Waals surface area contributed by atoms with E-state index in [4.69, 9.17) is 16.2 Å². The zero-order valence-corrected chi connectivity index (χ0v) is 15.2. The molecular weight excluding hydrogens is 350 g/mol. The van der Waals surface area contributed by atoms with Crippen molar-refractivity contribution in [1.29, 1.82) is 5.41 Å². The van der Waals surface area contributed by atoms with Crippen LogP contribution in [0.4, 0.5) is 0 Å². The number of amides is 1. The highest BCUT2D eigenvalue weighted by molar-refractivity contribution is 7.10. The van der Waals surface area contributed by atoms with E-state index in [1.54, 1.807) is 0 Å². The lowest BCUT2D eigenvalue weighted by Crippen LogP contribution is -2.29. The van der Waals surface area contributed by atoms with Gasteiger partial charge in [-0.3, -0.25) is 15.0 Å². The van der Waals surface area contributed by atoms with Gasteiger partial charge in [0.25, 0.3) is 0 Å². The average molecular weight is 373 g/mol. The number of benzene rings is 1. The molecule has 0 aliphatic rings. The smallest absolute Gasteiger partial charge is 0.305 e. The third-order valence-electron chi connectivity index (χ3n) is 3.98. The molecule has 5 N–H and O–H groups in total. The Kier molecular flexibility index (Phi) is 7.35. The number of amidine groups is 1. The van der Waals surface area contributed by atoms with Gasteiger partial charge in [0.15, 0.2) is 0 Å². The van der Waals surface area contributed by atoms with E-state index in [2.05, 4.69) is 5.32 Å². The Morgan fingerprint density at radius 3 is 2.50 bits per heavy atom. The SMILES string of the molecule is N=C(N)c1ccc(CCCCC(=O)NC(CC(=O)O)c2cccs2)cc1. The summed E-state index contributed by atoms with van der Waals surface area (Å²) in [4.78, 5) is 24.0. The standard InChI is InChI=1S/C19H23N3O3S/c20-19(21)14-9-7-13(8-10-14)4-1-2-6-17(23)22-15(12-18(24)25)16-5-3-11-26-16/h3,5,7-11,15H,1-2,4,6,12H2,(H3,20,21)(H,22,23)(H,24,25). The van der Waals surface area contributed by atoms with E-state index in [-0.39, 0.29) is 18.2 Å². The maximum atomic E-state index is 12.1. The number of hydrogen-bond donors (Lipinski definition) is 4. The number of carbonyl (C=O) groups is 2. The first-order valence-electron chi connectivity index (χ1n) is 8.43. The number of rotatable bonds is 10. The topological polar surface area (TPSA) is 116 Å². The van der Waals surface area contributed by atoms with Crippen LogP contribution < -0.4 is 11.1 Å². The molecule has 0 bridgehead atoms. The van der Waals surface area contributed by atoms with E-state index < -0.39 is 12.0 Å². The molecule has 2 rings (SSSR count). The van der Waals surface area contributed by atoms with Crippen molar-refractivity contribution >= 4 is 29.0 Å². The molecule has 0 radical (unpaired) electrons. The van der Waals surface area contributed by atoms with Crippen molar-refractivity contribution in [1.82, 2.24) is 5.32 Å². The maximum Gasteiger partial charge on any atom is 0.305 e. The van der Waals surface area contributed by atoms with E-state index in [1.807, 2.05) is 41.8 Å². The van der Waals surface area contributed by atoms with Gasteiger partial charge >= 0.3 is 5.97 Å². The number of nitrogens with two attached hydrogens (primary N) is 1. The lowest BCUT2D eigenvalue weighted by Gasteiger charge is -2.15. The molecule has 0 aliphatic carbocycles. The second kappa shape index (κ2) is 9.72. The Morgan fingerprint density at radius 1 is 1.19 bits per heavy atom. The number of nitrogens with one attached hydrogen (secondary N) is 2. The molecule has 0 spiro atoms. The van der Waals surface area contributed by atoms with Gasteiger partial charge < -0.3 is 16.2 Å². The highest BCUT2D eigenvalue weighted by Crippen LogP contribution is 2.22. The average Bonchev–Trinajstić information content (AvgIpc) is 3.13. The number of carbonyl (C=O) groups excluding carboxylic acids is 1. The highest BCUT2D eigenvalue weighted by atomic mass is 32.1. The molecule has 0 saturated heterocycles. The summed E-state index contributed by atoms with van der Waals surface area (Å²) in [5.41, 5.74) is 7.26. The van der Waals surface area contributed by atoms with Crippen LogP contribution in [0.5, 0.6) is 0 Å². The van der Waals surface area contributed by atoms with Crippen molar-refractivity contribution in [2.24, 2.45) is 5.73 Å². The number of carboxylic acid groups (broad SMARTS) is 1. The summed E-state index contributed by atoms with van der Waals surface area (Å²) in [5, 5.41) is 21.1. The van der Waals surface area contributed by atoms with Crippen LogP contribution in [0.15, 0.2) is 41.8 Å². The third-order valence-corrected chi connectivity index (χ3v) is 4.97.